The molecule has 82 valence electrons. The minimum Gasteiger partial charge on any atom is -0.391 e. The molecule has 0 aromatic rings. The molecule has 1 aliphatic rings. The van der Waals surface area contributed by atoms with Crippen molar-refractivity contribution in [2.24, 2.45) is 5.73 Å². The minimum absolute atomic E-state index is 0.0682. The highest BCUT2D eigenvalue weighted by Gasteiger charge is 2.21. The molecular weight excluding hydrogens is 200 g/mol. The van der Waals surface area contributed by atoms with Crippen LogP contribution in [0.4, 0.5) is 0 Å². The Morgan fingerprint density at radius 3 is 3.14 bits per heavy atom. The van der Waals surface area contributed by atoms with E-state index in [1.54, 1.807) is 7.11 Å². The van der Waals surface area contributed by atoms with Gasteiger partial charge in [-0.05, 0) is 6.42 Å². The van der Waals surface area contributed by atoms with E-state index in [1.807, 2.05) is 0 Å². The molecule has 1 saturated heterocycles. The number of thiocarbonyl (C=S) groups is 1. The van der Waals surface area contributed by atoms with E-state index in [0.717, 1.165) is 39.3 Å². The van der Waals surface area contributed by atoms with Crippen LogP contribution in [0.5, 0.6) is 0 Å². The first-order chi connectivity index (χ1) is 6.74. The minimum atomic E-state index is -0.0682. The van der Waals surface area contributed by atoms with Gasteiger partial charge >= 0.3 is 0 Å². The normalized spacial score (nSPS) is 23.6. The molecule has 1 heterocycles. The molecule has 0 aromatic heterocycles. The summed E-state index contributed by atoms with van der Waals surface area (Å²) in [5.74, 6) is 0. The second kappa shape index (κ2) is 6.29. The summed E-state index contributed by atoms with van der Waals surface area (Å²) >= 11 is 4.91. The average molecular weight is 218 g/mol. The average Bonchev–Trinajstić information content (AvgIpc) is 2.19. The summed E-state index contributed by atoms with van der Waals surface area (Å²) in [5.41, 5.74) is 5.54. The molecular formula is C9H18N2O2S. The number of morpholine rings is 1. The van der Waals surface area contributed by atoms with Crippen LogP contribution in [-0.4, -0.2) is 56.0 Å². The fourth-order valence-corrected chi connectivity index (χ4v) is 1.65. The Bertz CT molecular complexity index is 190. The number of nitrogens with zero attached hydrogens (tertiary/aromatic N) is 1. The van der Waals surface area contributed by atoms with E-state index in [4.69, 9.17) is 27.4 Å². The number of ether oxygens (including phenoxy) is 2. The lowest BCUT2D eigenvalue weighted by atomic mass is 10.2. The van der Waals surface area contributed by atoms with Gasteiger partial charge in [0.2, 0.25) is 0 Å². The Morgan fingerprint density at radius 1 is 1.71 bits per heavy atom. The zero-order valence-electron chi connectivity index (χ0n) is 8.57. The Hall–Kier alpha value is -0.230. The fraction of sp³-hybridized carbons (Fsp3) is 0.889. The molecule has 1 fully saturated rings. The van der Waals surface area contributed by atoms with Crippen LogP contribution in [0.25, 0.3) is 0 Å². The fourth-order valence-electron chi connectivity index (χ4n) is 1.51. The standard InChI is InChI=1S/C9H18N2O2S/c1-12-5-2-3-11-4-6-13-8(7-11)9(10)14/h8H,2-7H2,1H3,(H2,10,14). The van der Waals surface area contributed by atoms with Crippen LogP contribution in [-0.2, 0) is 9.47 Å². The van der Waals surface area contributed by atoms with Crippen molar-refractivity contribution in [1.29, 1.82) is 0 Å². The third kappa shape index (κ3) is 3.88. The number of nitrogens with two attached hydrogens (primary N) is 1. The lowest BCUT2D eigenvalue weighted by Crippen LogP contribution is -2.48. The van der Waals surface area contributed by atoms with Gasteiger partial charge in [-0.3, -0.25) is 4.90 Å². The third-order valence-corrected chi connectivity index (χ3v) is 2.55. The predicted molar refractivity (Wildman–Crippen MR) is 59.5 cm³/mol. The topological polar surface area (TPSA) is 47.7 Å². The summed E-state index contributed by atoms with van der Waals surface area (Å²) in [4.78, 5) is 2.77. The largest absolute Gasteiger partial charge is 0.391 e. The number of hydrogen-bond acceptors (Lipinski definition) is 4. The molecule has 0 radical (unpaired) electrons. The number of hydrogen-bond donors (Lipinski definition) is 1. The highest BCUT2D eigenvalue weighted by molar-refractivity contribution is 7.80. The van der Waals surface area contributed by atoms with Gasteiger partial charge in [0, 0.05) is 33.4 Å². The molecule has 1 atom stereocenters. The van der Waals surface area contributed by atoms with E-state index >= 15 is 0 Å². The summed E-state index contributed by atoms with van der Waals surface area (Å²) in [5, 5.41) is 0. The second-order valence-corrected chi connectivity index (χ2v) is 3.88. The van der Waals surface area contributed by atoms with Crippen LogP contribution >= 0.6 is 12.2 Å². The molecule has 0 aromatic carbocycles. The highest BCUT2D eigenvalue weighted by Crippen LogP contribution is 2.05. The molecule has 14 heavy (non-hydrogen) atoms. The van der Waals surface area contributed by atoms with E-state index in [0.29, 0.717) is 4.99 Å². The highest BCUT2D eigenvalue weighted by atomic mass is 32.1. The Labute approximate surface area is 90.3 Å². The number of methoxy groups -OCH3 is 1. The predicted octanol–water partition coefficient (Wildman–Crippen LogP) is 0.00980. The van der Waals surface area contributed by atoms with Crippen molar-refractivity contribution in [3.8, 4) is 0 Å². The second-order valence-electron chi connectivity index (χ2n) is 3.41. The van der Waals surface area contributed by atoms with Crippen LogP contribution in [0.15, 0.2) is 0 Å². The zero-order chi connectivity index (χ0) is 10.4. The smallest absolute Gasteiger partial charge is 0.120 e. The van der Waals surface area contributed by atoms with Gasteiger partial charge in [-0.1, -0.05) is 12.2 Å². The van der Waals surface area contributed by atoms with Crippen molar-refractivity contribution in [3.63, 3.8) is 0 Å². The van der Waals surface area contributed by atoms with Gasteiger partial charge in [-0.2, -0.15) is 0 Å². The van der Waals surface area contributed by atoms with Crippen molar-refractivity contribution < 1.29 is 9.47 Å². The first kappa shape index (κ1) is 11.8. The van der Waals surface area contributed by atoms with Gasteiger partial charge < -0.3 is 15.2 Å². The van der Waals surface area contributed by atoms with Crippen molar-refractivity contribution >= 4 is 17.2 Å². The molecule has 2 N–H and O–H groups in total. The summed E-state index contributed by atoms with van der Waals surface area (Å²) in [7, 11) is 1.72. The number of rotatable bonds is 5. The first-order valence-corrected chi connectivity index (χ1v) is 5.27. The molecule has 0 spiro atoms. The van der Waals surface area contributed by atoms with E-state index in [9.17, 15) is 0 Å². The lowest BCUT2D eigenvalue weighted by molar-refractivity contribution is 0.00460. The van der Waals surface area contributed by atoms with E-state index in [1.165, 1.54) is 0 Å². The van der Waals surface area contributed by atoms with Gasteiger partial charge in [-0.25, -0.2) is 0 Å². The molecule has 0 saturated carbocycles. The quantitative estimate of drug-likeness (QED) is 0.520. The van der Waals surface area contributed by atoms with Crippen molar-refractivity contribution in [2.45, 2.75) is 12.5 Å². The van der Waals surface area contributed by atoms with Gasteiger partial charge in [0.1, 0.15) is 11.1 Å². The molecule has 1 aliphatic heterocycles. The monoisotopic (exact) mass is 218 g/mol. The van der Waals surface area contributed by atoms with Crippen molar-refractivity contribution in [1.82, 2.24) is 4.90 Å². The van der Waals surface area contributed by atoms with E-state index < -0.39 is 0 Å². The summed E-state index contributed by atoms with van der Waals surface area (Å²) in [6.07, 6.45) is 0.974. The Morgan fingerprint density at radius 2 is 2.50 bits per heavy atom. The van der Waals surface area contributed by atoms with Crippen LogP contribution < -0.4 is 5.73 Å². The summed E-state index contributed by atoms with van der Waals surface area (Å²) < 4.78 is 10.4. The van der Waals surface area contributed by atoms with E-state index in [2.05, 4.69) is 4.90 Å². The first-order valence-electron chi connectivity index (χ1n) is 4.86. The lowest BCUT2D eigenvalue weighted by Gasteiger charge is -2.32. The molecule has 0 amide bonds. The maximum atomic E-state index is 5.54. The Balaban J connectivity index is 2.22. The Kier molecular flexibility index (Phi) is 5.32. The van der Waals surface area contributed by atoms with Gasteiger partial charge in [0.15, 0.2) is 0 Å². The maximum absolute atomic E-state index is 5.54. The van der Waals surface area contributed by atoms with Gasteiger partial charge in [0.25, 0.3) is 0 Å². The molecule has 1 unspecified atom stereocenters. The van der Waals surface area contributed by atoms with Gasteiger partial charge in [0.05, 0.1) is 6.61 Å². The van der Waals surface area contributed by atoms with Crippen LogP contribution in [0.1, 0.15) is 6.42 Å². The summed E-state index contributed by atoms with van der Waals surface area (Å²) in [6.45, 7) is 4.32. The zero-order valence-corrected chi connectivity index (χ0v) is 9.39. The van der Waals surface area contributed by atoms with Crippen molar-refractivity contribution in [2.75, 3.05) is 40.0 Å². The van der Waals surface area contributed by atoms with Gasteiger partial charge in [-0.15, -0.1) is 0 Å². The van der Waals surface area contributed by atoms with Crippen molar-refractivity contribution in [3.05, 3.63) is 0 Å². The third-order valence-electron chi connectivity index (χ3n) is 2.29. The van der Waals surface area contributed by atoms with E-state index in [-0.39, 0.29) is 6.10 Å². The van der Waals surface area contributed by atoms with Crippen LogP contribution in [0.3, 0.4) is 0 Å². The molecule has 5 heteroatoms. The molecule has 0 bridgehead atoms. The molecule has 0 aliphatic carbocycles. The van der Waals surface area contributed by atoms with Crippen LogP contribution in [0, 0.1) is 0 Å². The van der Waals surface area contributed by atoms with Crippen LogP contribution in [0.2, 0.25) is 0 Å². The molecule has 1 rings (SSSR count). The maximum Gasteiger partial charge on any atom is 0.120 e. The SMILES string of the molecule is COCCCN1CCOC(C(N)=S)C1. The summed E-state index contributed by atoms with van der Waals surface area (Å²) in [6, 6.07) is 0. The molecule has 4 nitrogen and oxygen atoms in total.